The smallest absolute Gasteiger partial charge is 0.308 e. The van der Waals surface area contributed by atoms with Crippen molar-refractivity contribution in [3.8, 4) is 0 Å². The molecule has 1 amide bonds. The van der Waals surface area contributed by atoms with Gasteiger partial charge in [-0.1, -0.05) is 6.92 Å². The highest BCUT2D eigenvalue weighted by Crippen LogP contribution is 2.27. The van der Waals surface area contributed by atoms with Crippen LogP contribution in [-0.4, -0.2) is 40.0 Å². The Hall–Kier alpha value is -3.29. The first-order chi connectivity index (χ1) is 13.3. The molecule has 0 spiro atoms. The number of H-pyrrole nitrogens is 1. The molecule has 28 heavy (non-hydrogen) atoms. The summed E-state index contributed by atoms with van der Waals surface area (Å²) in [6, 6.07) is 5.63. The number of aliphatic carboxylic acids is 1. The fourth-order valence-electron chi connectivity index (χ4n) is 3.81. The third-order valence-corrected chi connectivity index (χ3v) is 5.28. The van der Waals surface area contributed by atoms with Crippen molar-refractivity contribution in [2.45, 2.75) is 6.92 Å². The van der Waals surface area contributed by atoms with Crippen LogP contribution in [0.1, 0.15) is 17.3 Å². The van der Waals surface area contributed by atoms with E-state index < -0.39 is 34.9 Å². The molecule has 0 bridgehead atoms. The number of amides is 1. The zero-order chi connectivity index (χ0) is 20.2. The van der Waals surface area contributed by atoms with Gasteiger partial charge in [0, 0.05) is 29.4 Å². The summed E-state index contributed by atoms with van der Waals surface area (Å²) in [4.78, 5) is 41.3. The Morgan fingerprint density at radius 2 is 1.82 bits per heavy atom. The number of pyridine rings is 1. The molecule has 2 atom stereocenters. The average Bonchev–Trinajstić information content (AvgIpc) is 3.04. The van der Waals surface area contributed by atoms with Gasteiger partial charge in [-0.05, 0) is 36.2 Å². The van der Waals surface area contributed by atoms with E-state index in [-0.39, 0.29) is 40.9 Å². The lowest BCUT2D eigenvalue weighted by Gasteiger charge is -2.17. The Labute approximate surface area is 157 Å². The number of aromatic nitrogens is 1. The maximum atomic E-state index is 14.2. The number of halogens is 2. The van der Waals surface area contributed by atoms with Crippen molar-refractivity contribution in [1.29, 1.82) is 0 Å². The van der Waals surface area contributed by atoms with E-state index in [0.29, 0.717) is 5.52 Å². The van der Waals surface area contributed by atoms with Crippen LogP contribution >= 0.6 is 0 Å². The number of hydrogen-bond acceptors (Lipinski definition) is 3. The highest BCUT2D eigenvalue weighted by atomic mass is 19.1. The summed E-state index contributed by atoms with van der Waals surface area (Å²) < 4.78 is 27.7. The van der Waals surface area contributed by atoms with E-state index in [1.165, 1.54) is 17.0 Å². The van der Waals surface area contributed by atoms with Crippen LogP contribution in [0.4, 0.5) is 8.78 Å². The number of benzene rings is 2. The molecular weight excluding hydrogens is 370 g/mol. The maximum absolute atomic E-state index is 14.2. The van der Waals surface area contributed by atoms with Gasteiger partial charge in [-0.25, -0.2) is 8.78 Å². The van der Waals surface area contributed by atoms with E-state index >= 15 is 0 Å². The van der Waals surface area contributed by atoms with Gasteiger partial charge in [0.15, 0.2) is 5.43 Å². The summed E-state index contributed by atoms with van der Waals surface area (Å²) in [5, 5.41) is 9.26. The Kier molecular flexibility index (Phi) is 4.14. The highest BCUT2D eigenvalue weighted by Gasteiger charge is 2.37. The van der Waals surface area contributed by atoms with Crippen LogP contribution in [0.15, 0.2) is 35.1 Å². The van der Waals surface area contributed by atoms with Gasteiger partial charge in [-0.2, -0.15) is 0 Å². The SMILES string of the molecule is C[C@@H]1CN(C(=O)c2cc(F)cc3c(=O)c4cc(F)ccc4[nH]c23)C[C@H]1C(=O)O. The Morgan fingerprint density at radius 1 is 1.11 bits per heavy atom. The fourth-order valence-corrected chi connectivity index (χ4v) is 3.81. The minimum atomic E-state index is -0.992. The Balaban J connectivity index is 1.89. The molecule has 1 aromatic heterocycles. The number of nitrogens with zero attached hydrogens (tertiary/aromatic N) is 1. The normalized spacial score (nSPS) is 19.5. The molecule has 144 valence electrons. The first kappa shape index (κ1) is 18.1. The third-order valence-electron chi connectivity index (χ3n) is 5.28. The molecule has 1 aliphatic heterocycles. The molecule has 1 fully saturated rings. The third kappa shape index (κ3) is 2.81. The highest BCUT2D eigenvalue weighted by molar-refractivity contribution is 6.08. The van der Waals surface area contributed by atoms with Crippen molar-refractivity contribution in [2.75, 3.05) is 13.1 Å². The number of carboxylic acid groups (broad SMARTS) is 1. The maximum Gasteiger partial charge on any atom is 0.308 e. The second-order valence-electron chi connectivity index (χ2n) is 7.15. The number of nitrogens with one attached hydrogen (secondary N) is 1. The predicted molar refractivity (Wildman–Crippen MR) is 98.2 cm³/mol. The van der Waals surface area contributed by atoms with Crippen molar-refractivity contribution in [1.82, 2.24) is 9.88 Å². The van der Waals surface area contributed by atoms with Crippen molar-refractivity contribution >= 4 is 33.7 Å². The number of likely N-dealkylation sites (tertiary alicyclic amines) is 1. The summed E-state index contributed by atoms with van der Waals surface area (Å²) >= 11 is 0. The van der Waals surface area contributed by atoms with Crippen LogP contribution in [0.2, 0.25) is 0 Å². The van der Waals surface area contributed by atoms with Gasteiger partial charge >= 0.3 is 5.97 Å². The topological polar surface area (TPSA) is 90.5 Å². The number of aromatic amines is 1. The molecule has 0 saturated carbocycles. The van der Waals surface area contributed by atoms with Crippen LogP contribution < -0.4 is 5.43 Å². The van der Waals surface area contributed by atoms with Crippen LogP contribution in [0.5, 0.6) is 0 Å². The summed E-state index contributed by atoms with van der Waals surface area (Å²) in [5.74, 6) is -3.88. The summed E-state index contributed by atoms with van der Waals surface area (Å²) in [6.07, 6.45) is 0. The zero-order valence-electron chi connectivity index (χ0n) is 14.8. The molecule has 6 nitrogen and oxygen atoms in total. The van der Waals surface area contributed by atoms with Gasteiger partial charge in [0.1, 0.15) is 11.6 Å². The molecule has 0 radical (unpaired) electrons. The number of hydrogen-bond donors (Lipinski definition) is 2. The van der Waals surface area contributed by atoms with Crippen LogP contribution in [0.25, 0.3) is 21.8 Å². The van der Waals surface area contributed by atoms with Crippen molar-refractivity contribution in [3.05, 3.63) is 57.8 Å². The number of carbonyl (C=O) groups is 2. The molecule has 2 heterocycles. The molecular formula is C20H16F2N2O4. The van der Waals surface area contributed by atoms with E-state index in [1.807, 2.05) is 0 Å². The van der Waals surface area contributed by atoms with E-state index in [2.05, 4.69) is 4.98 Å². The number of carbonyl (C=O) groups excluding carboxylic acids is 1. The number of fused-ring (bicyclic) bond motifs is 2. The zero-order valence-corrected chi connectivity index (χ0v) is 14.8. The van der Waals surface area contributed by atoms with E-state index in [1.54, 1.807) is 6.92 Å². The fraction of sp³-hybridized carbons (Fsp3) is 0.250. The second-order valence-corrected chi connectivity index (χ2v) is 7.15. The predicted octanol–water partition coefficient (Wildman–Crippen LogP) is 2.75. The quantitative estimate of drug-likeness (QED) is 0.663. The molecule has 0 unspecified atom stereocenters. The van der Waals surface area contributed by atoms with Gasteiger partial charge in [0.05, 0.1) is 17.0 Å². The molecule has 1 aliphatic rings. The van der Waals surface area contributed by atoms with Crippen LogP contribution in [-0.2, 0) is 4.79 Å². The van der Waals surface area contributed by atoms with E-state index in [9.17, 15) is 28.3 Å². The summed E-state index contributed by atoms with van der Waals surface area (Å²) in [6.45, 7) is 1.97. The van der Waals surface area contributed by atoms with Gasteiger partial charge < -0.3 is 15.0 Å². The Morgan fingerprint density at radius 3 is 2.50 bits per heavy atom. The summed E-state index contributed by atoms with van der Waals surface area (Å²) in [5.41, 5.74) is -0.189. The van der Waals surface area contributed by atoms with Crippen molar-refractivity contribution < 1.29 is 23.5 Å². The first-order valence-electron chi connectivity index (χ1n) is 8.73. The molecule has 2 N–H and O–H groups in total. The molecule has 1 saturated heterocycles. The number of rotatable bonds is 2. The summed E-state index contributed by atoms with van der Waals surface area (Å²) in [7, 11) is 0. The largest absolute Gasteiger partial charge is 0.481 e. The minimum absolute atomic E-state index is 0.0103. The van der Waals surface area contributed by atoms with Gasteiger partial charge in [0.25, 0.3) is 5.91 Å². The Bertz CT molecular complexity index is 1200. The molecule has 8 heteroatoms. The van der Waals surface area contributed by atoms with Crippen LogP contribution in [0, 0.1) is 23.5 Å². The lowest BCUT2D eigenvalue weighted by Crippen LogP contribution is -2.30. The minimum Gasteiger partial charge on any atom is -0.481 e. The lowest BCUT2D eigenvalue weighted by molar-refractivity contribution is -0.142. The average molecular weight is 386 g/mol. The van der Waals surface area contributed by atoms with Gasteiger partial charge in [0.2, 0.25) is 0 Å². The standard InChI is InChI=1S/C20H16F2N2O4/c1-9-7-24(8-15(9)20(27)28)19(26)14-6-11(22)5-13-17(14)23-16-3-2-10(21)4-12(16)18(13)25/h2-6,9,15H,7-8H2,1H3,(H,23,25)(H,27,28)/t9-,15-/m1/s1. The molecule has 0 aliphatic carbocycles. The molecule has 3 aromatic rings. The second kappa shape index (κ2) is 6.40. The van der Waals surface area contributed by atoms with Crippen LogP contribution in [0.3, 0.4) is 0 Å². The molecule has 4 rings (SSSR count). The van der Waals surface area contributed by atoms with E-state index in [4.69, 9.17) is 0 Å². The lowest BCUT2D eigenvalue weighted by atomic mass is 9.99. The van der Waals surface area contributed by atoms with Crippen molar-refractivity contribution in [3.63, 3.8) is 0 Å². The molecule has 2 aromatic carbocycles. The number of carboxylic acids is 1. The van der Waals surface area contributed by atoms with Gasteiger partial charge in [-0.15, -0.1) is 0 Å². The van der Waals surface area contributed by atoms with E-state index in [0.717, 1.165) is 18.2 Å². The first-order valence-corrected chi connectivity index (χ1v) is 8.73. The van der Waals surface area contributed by atoms with Gasteiger partial charge in [-0.3, -0.25) is 14.4 Å². The van der Waals surface area contributed by atoms with Crippen molar-refractivity contribution in [2.24, 2.45) is 11.8 Å². The monoisotopic (exact) mass is 386 g/mol.